The van der Waals surface area contributed by atoms with Gasteiger partial charge in [0.05, 0.1) is 0 Å². The number of benzene rings is 1. The van der Waals surface area contributed by atoms with E-state index in [1.165, 1.54) is 0 Å². The van der Waals surface area contributed by atoms with Crippen LogP contribution in [-0.2, 0) is 4.79 Å². The van der Waals surface area contributed by atoms with Crippen molar-refractivity contribution in [2.75, 3.05) is 18.4 Å². The number of carbonyl (C=O) groups is 1. The summed E-state index contributed by atoms with van der Waals surface area (Å²) in [7, 11) is 0. The zero-order valence-electron chi connectivity index (χ0n) is 9.60. The van der Waals surface area contributed by atoms with Crippen molar-refractivity contribution in [3.8, 4) is 0 Å². The highest BCUT2D eigenvalue weighted by Crippen LogP contribution is 2.23. The summed E-state index contributed by atoms with van der Waals surface area (Å²) in [6, 6.07) is 6.00. The van der Waals surface area contributed by atoms with E-state index in [0.29, 0.717) is 23.2 Å². The monoisotopic (exact) mass is 265 g/mol. The van der Waals surface area contributed by atoms with E-state index >= 15 is 0 Å². The van der Waals surface area contributed by atoms with Crippen LogP contribution in [-0.4, -0.2) is 35.4 Å². The van der Waals surface area contributed by atoms with Gasteiger partial charge in [-0.2, -0.15) is 4.98 Å². The molecule has 1 fully saturated rings. The van der Waals surface area contributed by atoms with Gasteiger partial charge in [0.25, 0.3) is 6.01 Å². The van der Waals surface area contributed by atoms with E-state index in [0.717, 1.165) is 24.9 Å². The summed E-state index contributed by atoms with van der Waals surface area (Å²) in [5.74, 6) is 0. The molecule has 1 aliphatic rings. The predicted octanol–water partition coefficient (Wildman–Crippen LogP) is 2.12. The molecule has 94 valence electrons. The van der Waals surface area contributed by atoms with Gasteiger partial charge >= 0.3 is 0 Å². The molecule has 3 rings (SSSR count). The average molecular weight is 266 g/mol. The minimum Gasteiger partial charge on any atom is -0.423 e. The Hall–Kier alpha value is -1.75. The zero-order chi connectivity index (χ0) is 12.5. The lowest BCUT2D eigenvalue weighted by atomic mass is 10.3. The van der Waals surface area contributed by atoms with Crippen molar-refractivity contribution in [2.45, 2.75) is 12.5 Å². The van der Waals surface area contributed by atoms with Crippen LogP contribution in [0, 0.1) is 0 Å². The third-order valence-electron chi connectivity index (χ3n) is 3.05. The lowest BCUT2D eigenvalue weighted by Gasteiger charge is -2.10. The number of oxazole rings is 1. The van der Waals surface area contributed by atoms with Gasteiger partial charge in [-0.25, -0.2) is 0 Å². The number of aromatic nitrogens is 1. The number of hydrogen-bond acceptors (Lipinski definition) is 4. The van der Waals surface area contributed by atoms with Gasteiger partial charge in [0.1, 0.15) is 5.52 Å². The minimum absolute atomic E-state index is 0.193. The molecule has 6 heteroatoms. The molecule has 0 bridgehead atoms. The number of halogens is 1. The maximum absolute atomic E-state index is 10.6. The minimum atomic E-state index is 0.193. The molecule has 2 heterocycles. The van der Waals surface area contributed by atoms with Crippen LogP contribution in [0.2, 0.25) is 5.02 Å². The quantitative estimate of drug-likeness (QED) is 0.864. The molecule has 1 N–H and O–H groups in total. The summed E-state index contributed by atoms with van der Waals surface area (Å²) in [5.41, 5.74) is 1.43. The van der Waals surface area contributed by atoms with Crippen LogP contribution in [0.1, 0.15) is 6.42 Å². The van der Waals surface area contributed by atoms with E-state index in [-0.39, 0.29) is 6.04 Å². The summed E-state index contributed by atoms with van der Waals surface area (Å²) in [6.45, 7) is 1.45. The van der Waals surface area contributed by atoms with E-state index in [1.54, 1.807) is 17.0 Å². The molecular weight excluding hydrogens is 254 g/mol. The Morgan fingerprint density at radius 1 is 1.56 bits per heavy atom. The highest BCUT2D eigenvalue weighted by Gasteiger charge is 2.22. The molecule has 1 atom stereocenters. The Labute approximate surface area is 109 Å². The average Bonchev–Trinajstić information content (AvgIpc) is 2.95. The van der Waals surface area contributed by atoms with Gasteiger partial charge in [-0.1, -0.05) is 11.6 Å². The molecule has 1 aliphatic heterocycles. The number of amides is 1. The topological polar surface area (TPSA) is 58.4 Å². The lowest BCUT2D eigenvalue weighted by molar-refractivity contribution is -0.117. The summed E-state index contributed by atoms with van der Waals surface area (Å²) in [4.78, 5) is 16.7. The first-order valence-electron chi connectivity index (χ1n) is 5.76. The molecule has 1 saturated heterocycles. The Bertz CT molecular complexity index is 584. The first-order valence-corrected chi connectivity index (χ1v) is 6.14. The maximum atomic E-state index is 10.6. The van der Waals surface area contributed by atoms with Crippen LogP contribution < -0.4 is 5.32 Å². The van der Waals surface area contributed by atoms with Gasteiger partial charge in [0.2, 0.25) is 6.41 Å². The van der Waals surface area contributed by atoms with Crippen molar-refractivity contribution >= 4 is 35.1 Å². The van der Waals surface area contributed by atoms with Crippen molar-refractivity contribution in [3.63, 3.8) is 0 Å². The molecule has 0 spiro atoms. The Morgan fingerprint density at radius 2 is 2.44 bits per heavy atom. The van der Waals surface area contributed by atoms with Crippen molar-refractivity contribution in [2.24, 2.45) is 0 Å². The van der Waals surface area contributed by atoms with Crippen molar-refractivity contribution in [1.82, 2.24) is 9.88 Å². The second-order valence-electron chi connectivity index (χ2n) is 4.36. The van der Waals surface area contributed by atoms with Gasteiger partial charge in [-0.3, -0.25) is 4.79 Å². The van der Waals surface area contributed by atoms with Crippen LogP contribution >= 0.6 is 11.6 Å². The van der Waals surface area contributed by atoms with Gasteiger partial charge in [0, 0.05) is 30.2 Å². The van der Waals surface area contributed by atoms with Crippen molar-refractivity contribution < 1.29 is 9.21 Å². The third kappa shape index (κ3) is 2.13. The first kappa shape index (κ1) is 11.3. The first-order chi connectivity index (χ1) is 8.74. The van der Waals surface area contributed by atoms with Crippen LogP contribution in [0.5, 0.6) is 0 Å². The van der Waals surface area contributed by atoms with Crippen LogP contribution in [0.4, 0.5) is 6.01 Å². The fourth-order valence-corrected chi connectivity index (χ4v) is 2.30. The van der Waals surface area contributed by atoms with Crippen LogP contribution in [0.15, 0.2) is 22.6 Å². The lowest BCUT2D eigenvalue weighted by Crippen LogP contribution is -2.25. The van der Waals surface area contributed by atoms with Gasteiger partial charge in [-0.05, 0) is 18.6 Å². The Morgan fingerprint density at radius 3 is 3.22 bits per heavy atom. The highest BCUT2D eigenvalue weighted by molar-refractivity contribution is 6.31. The SMILES string of the molecule is O=CN1CC[C@@H](Nc2nc3ccc(Cl)cc3o2)C1. The molecule has 0 unspecified atom stereocenters. The van der Waals surface area contributed by atoms with Gasteiger partial charge in [-0.15, -0.1) is 0 Å². The molecule has 1 aromatic carbocycles. The van der Waals surface area contributed by atoms with E-state index < -0.39 is 0 Å². The van der Waals surface area contributed by atoms with Crippen molar-refractivity contribution in [1.29, 1.82) is 0 Å². The second-order valence-corrected chi connectivity index (χ2v) is 4.80. The third-order valence-corrected chi connectivity index (χ3v) is 3.28. The van der Waals surface area contributed by atoms with Crippen molar-refractivity contribution in [3.05, 3.63) is 23.2 Å². The predicted molar refractivity (Wildman–Crippen MR) is 68.7 cm³/mol. The second kappa shape index (κ2) is 4.49. The standard InChI is InChI=1S/C12H12ClN3O2/c13-8-1-2-10-11(5-8)18-12(15-10)14-9-3-4-16(6-9)7-17/h1-2,5,7,9H,3-4,6H2,(H,14,15)/t9-/m1/s1. The number of nitrogens with one attached hydrogen (secondary N) is 1. The van der Waals surface area contributed by atoms with E-state index in [4.69, 9.17) is 16.0 Å². The van der Waals surface area contributed by atoms with E-state index in [1.807, 2.05) is 6.07 Å². The molecule has 18 heavy (non-hydrogen) atoms. The number of fused-ring (bicyclic) bond motifs is 1. The fraction of sp³-hybridized carbons (Fsp3) is 0.333. The molecule has 0 saturated carbocycles. The largest absolute Gasteiger partial charge is 0.423 e. The molecule has 2 aromatic rings. The summed E-state index contributed by atoms with van der Waals surface area (Å²) in [6.07, 6.45) is 1.77. The van der Waals surface area contributed by atoms with Gasteiger partial charge < -0.3 is 14.6 Å². The Balaban J connectivity index is 1.77. The molecular formula is C12H12ClN3O2. The van der Waals surface area contributed by atoms with E-state index in [9.17, 15) is 4.79 Å². The number of hydrogen-bond donors (Lipinski definition) is 1. The number of likely N-dealkylation sites (tertiary alicyclic amines) is 1. The molecule has 1 aromatic heterocycles. The summed E-state index contributed by atoms with van der Waals surface area (Å²) >= 11 is 5.88. The summed E-state index contributed by atoms with van der Waals surface area (Å²) in [5, 5.41) is 3.82. The highest BCUT2D eigenvalue weighted by atomic mass is 35.5. The zero-order valence-corrected chi connectivity index (χ0v) is 10.4. The number of nitrogens with zero attached hydrogens (tertiary/aromatic N) is 2. The van der Waals surface area contributed by atoms with E-state index in [2.05, 4.69) is 10.3 Å². The number of rotatable bonds is 3. The molecule has 0 aliphatic carbocycles. The van der Waals surface area contributed by atoms with Crippen LogP contribution in [0.25, 0.3) is 11.1 Å². The maximum Gasteiger partial charge on any atom is 0.295 e. The number of carbonyl (C=O) groups excluding carboxylic acids is 1. The molecule has 1 amide bonds. The Kier molecular flexibility index (Phi) is 2.83. The molecule has 5 nitrogen and oxygen atoms in total. The summed E-state index contributed by atoms with van der Waals surface area (Å²) < 4.78 is 5.57. The van der Waals surface area contributed by atoms with Crippen LogP contribution in [0.3, 0.4) is 0 Å². The normalized spacial score (nSPS) is 19.4. The fourth-order valence-electron chi connectivity index (χ4n) is 2.14. The van der Waals surface area contributed by atoms with Gasteiger partial charge in [0.15, 0.2) is 5.58 Å². The number of anilines is 1. The molecule has 0 radical (unpaired) electrons. The smallest absolute Gasteiger partial charge is 0.295 e.